The second-order valence-corrected chi connectivity index (χ2v) is 5.95. The predicted molar refractivity (Wildman–Crippen MR) is 85.1 cm³/mol. The molecule has 122 valence electrons. The summed E-state index contributed by atoms with van der Waals surface area (Å²) in [6.07, 6.45) is 1.16. The summed E-state index contributed by atoms with van der Waals surface area (Å²) in [6, 6.07) is 4.87. The van der Waals surface area contributed by atoms with Crippen LogP contribution in [0.25, 0.3) is 0 Å². The fraction of sp³-hybridized carbons (Fsp3) is 0.533. The molecule has 0 aliphatic carbocycles. The number of ether oxygens (including phenoxy) is 1. The van der Waals surface area contributed by atoms with Gasteiger partial charge in [-0.15, -0.1) is 0 Å². The van der Waals surface area contributed by atoms with Crippen LogP contribution in [-0.2, 0) is 0 Å². The minimum atomic E-state index is -0.555. The van der Waals surface area contributed by atoms with E-state index in [9.17, 15) is 9.90 Å². The lowest BCUT2D eigenvalue weighted by molar-refractivity contribution is 0.0634. The molecule has 0 spiro atoms. The Morgan fingerprint density at radius 1 is 1.45 bits per heavy atom. The SMILES string of the molecule is NCC(O)CN1CCC(Oc2ccc(Cl)cc2C(N)=O)CC1. The van der Waals surface area contributed by atoms with Gasteiger partial charge in [-0.1, -0.05) is 11.6 Å². The highest BCUT2D eigenvalue weighted by Gasteiger charge is 2.23. The van der Waals surface area contributed by atoms with E-state index in [4.69, 9.17) is 27.8 Å². The Balaban J connectivity index is 1.92. The van der Waals surface area contributed by atoms with Crippen molar-refractivity contribution < 1.29 is 14.6 Å². The molecule has 1 heterocycles. The monoisotopic (exact) mass is 327 g/mol. The molecular formula is C15H22ClN3O3. The number of rotatable bonds is 6. The maximum Gasteiger partial charge on any atom is 0.252 e. The van der Waals surface area contributed by atoms with E-state index in [0.29, 0.717) is 22.9 Å². The van der Waals surface area contributed by atoms with E-state index >= 15 is 0 Å². The summed E-state index contributed by atoms with van der Waals surface area (Å²) in [6.45, 7) is 2.49. The summed E-state index contributed by atoms with van der Waals surface area (Å²) < 4.78 is 5.91. The van der Waals surface area contributed by atoms with E-state index in [0.717, 1.165) is 25.9 Å². The highest BCUT2D eigenvalue weighted by atomic mass is 35.5. The first kappa shape index (κ1) is 17.0. The molecule has 1 aliphatic rings. The molecule has 5 N–H and O–H groups in total. The summed E-state index contributed by atoms with van der Waals surface area (Å²) >= 11 is 5.88. The molecule has 1 aromatic rings. The molecule has 6 nitrogen and oxygen atoms in total. The van der Waals surface area contributed by atoms with Gasteiger partial charge in [-0.3, -0.25) is 4.79 Å². The van der Waals surface area contributed by atoms with Crippen LogP contribution in [0.15, 0.2) is 18.2 Å². The number of primary amides is 1. The van der Waals surface area contributed by atoms with Crippen molar-refractivity contribution in [3.63, 3.8) is 0 Å². The lowest BCUT2D eigenvalue weighted by Gasteiger charge is -2.33. The zero-order valence-electron chi connectivity index (χ0n) is 12.4. The van der Waals surface area contributed by atoms with Crippen LogP contribution in [0.4, 0.5) is 0 Å². The van der Waals surface area contributed by atoms with Crippen molar-refractivity contribution in [2.45, 2.75) is 25.0 Å². The van der Waals surface area contributed by atoms with Crippen molar-refractivity contribution in [1.82, 2.24) is 4.90 Å². The number of hydrogen-bond acceptors (Lipinski definition) is 5. The lowest BCUT2D eigenvalue weighted by atomic mass is 10.1. The smallest absolute Gasteiger partial charge is 0.252 e. The average Bonchev–Trinajstić information content (AvgIpc) is 2.50. The van der Waals surface area contributed by atoms with Crippen molar-refractivity contribution in [2.24, 2.45) is 11.5 Å². The Morgan fingerprint density at radius 3 is 2.73 bits per heavy atom. The Hall–Kier alpha value is -1.34. The Morgan fingerprint density at radius 2 is 2.14 bits per heavy atom. The second kappa shape index (κ2) is 7.78. The van der Waals surface area contributed by atoms with Crippen molar-refractivity contribution in [2.75, 3.05) is 26.2 Å². The molecular weight excluding hydrogens is 306 g/mol. The molecule has 1 amide bonds. The largest absolute Gasteiger partial charge is 0.489 e. The molecule has 1 saturated heterocycles. The van der Waals surface area contributed by atoms with Crippen molar-refractivity contribution in [3.05, 3.63) is 28.8 Å². The van der Waals surface area contributed by atoms with Crippen LogP contribution in [0.1, 0.15) is 23.2 Å². The number of aliphatic hydroxyl groups excluding tert-OH is 1. The standard InChI is InChI=1S/C15H22ClN3O3/c16-10-1-2-14(13(7-10)15(18)21)22-12-3-5-19(6-4-12)9-11(20)8-17/h1-2,7,11-12,20H,3-6,8-9,17H2,(H2,18,21). The van der Waals surface area contributed by atoms with Crippen LogP contribution in [0.2, 0.25) is 5.02 Å². The highest BCUT2D eigenvalue weighted by Crippen LogP contribution is 2.26. The molecule has 2 rings (SSSR count). The molecule has 1 atom stereocenters. The number of carbonyl (C=O) groups excluding carboxylic acids is 1. The van der Waals surface area contributed by atoms with E-state index in [2.05, 4.69) is 4.90 Å². The summed E-state index contributed by atoms with van der Waals surface area (Å²) in [7, 11) is 0. The Bertz CT molecular complexity index is 519. The molecule has 22 heavy (non-hydrogen) atoms. The van der Waals surface area contributed by atoms with Gasteiger partial charge in [0.05, 0.1) is 11.7 Å². The molecule has 0 radical (unpaired) electrons. The number of likely N-dealkylation sites (tertiary alicyclic amines) is 1. The number of halogens is 1. The lowest BCUT2D eigenvalue weighted by Crippen LogP contribution is -2.43. The van der Waals surface area contributed by atoms with Crippen LogP contribution in [0.3, 0.4) is 0 Å². The van der Waals surface area contributed by atoms with Crippen molar-refractivity contribution in [1.29, 1.82) is 0 Å². The van der Waals surface area contributed by atoms with Gasteiger partial charge in [0, 0.05) is 31.2 Å². The van der Waals surface area contributed by atoms with Gasteiger partial charge in [-0.05, 0) is 31.0 Å². The number of benzene rings is 1. The summed E-state index contributed by atoms with van der Waals surface area (Å²) in [4.78, 5) is 13.6. The molecule has 7 heteroatoms. The molecule has 1 aromatic carbocycles. The third-order valence-corrected chi connectivity index (χ3v) is 4.01. The maximum atomic E-state index is 11.5. The molecule has 1 unspecified atom stereocenters. The molecule has 0 aromatic heterocycles. The van der Waals surface area contributed by atoms with E-state index in [1.807, 2.05) is 0 Å². The predicted octanol–water partition coefficient (Wildman–Crippen LogP) is 0.602. The van der Waals surface area contributed by atoms with Gasteiger partial charge in [-0.25, -0.2) is 0 Å². The van der Waals surface area contributed by atoms with Crippen molar-refractivity contribution in [3.8, 4) is 5.75 Å². The molecule has 1 fully saturated rings. The zero-order valence-corrected chi connectivity index (χ0v) is 13.1. The fourth-order valence-corrected chi connectivity index (χ4v) is 2.73. The summed E-state index contributed by atoms with van der Waals surface area (Å²) in [5.74, 6) is -0.0849. The van der Waals surface area contributed by atoms with Crippen LogP contribution >= 0.6 is 11.6 Å². The molecule has 0 saturated carbocycles. The van der Waals surface area contributed by atoms with Crippen LogP contribution in [0.5, 0.6) is 5.75 Å². The van der Waals surface area contributed by atoms with Gasteiger partial charge in [0.2, 0.25) is 0 Å². The first-order valence-electron chi connectivity index (χ1n) is 7.36. The summed E-state index contributed by atoms with van der Waals surface area (Å²) in [5.41, 5.74) is 11.1. The number of nitrogens with zero attached hydrogens (tertiary/aromatic N) is 1. The van der Waals surface area contributed by atoms with Gasteiger partial charge < -0.3 is 26.2 Å². The van der Waals surface area contributed by atoms with Gasteiger partial charge in [0.15, 0.2) is 0 Å². The number of β-amino-alcohol motifs (C(OH)–C–C–N with tert-alkyl or cyclic N) is 1. The number of aliphatic hydroxyl groups is 1. The number of hydrogen-bond donors (Lipinski definition) is 3. The zero-order chi connectivity index (χ0) is 16.1. The van der Waals surface area contributed by atoms with E-state index in [1.54, 1.807) is 12.1 Å². The number of amides is 1. The molecule has 1 aliphatic heterocycles. The second-order valence-electron chi connectivity index (χ2n) is 5.51. The van der Waals surface area contributed by atoms with Gasteiger partial charge in [0.1, 0.15) is 11.9 Å². The first-order valence-corrected chi connectivity index (χ1v) is 7.74. The topological polar surface area (TPSA) is 102 Å². The van der Waals surface area contributed by atoms with E-state index in [1.165, 1.54) is 6.07 Å². The van der Waals surface area contributed by atoms with Crippen molar-refractivity contribution >= 4 is 17.5 Å². The number of carbonyl (C=O) groups is 1. The van der Waals surface area contributed by atoms with Crippen LogP contribution < -0.4 is 16.2 Å². The van der Waals surface area contributed by atoms with Crippen LogP contribution in [-0.4, -0.2) is 54.3 Å². The third-order valence-electron chi connectivity index (χ3n) is 3.78. The minimum Gasteiger partial charge on any atom is -0.489 e. The average molecular weight is 328 g/mol. The quantitative estimate of drug-likeness (QED) is 0.710. The minimum absolute atomic E-state index is 0.0190. The van der Waals surface area contributed by atoms with E-state index < -0.39 is 12.0 Å². The number of piperidine rings is 1. The van der Waals surface area contributed by atoms with E-state index in [-0.39, 0.29) is 12.6 Å². The van der Waals surface area contributed by atoms with Gasteiger partial charge >= 0.3 is 0 Å². The van der Waals surface area contributed by atoms with Gasteiger partial charge in [0.25, 0.3) is 5.91 Å². The Kier molecular flexibility index (Phi) is 6.02. The van der Waals surface area contributed by atoms with Crippen LogP contribution in [0, 0.1) is 0 Å². The van der Waals surface area contributed by atoms with Gasteiger partial charge in [-0.2, -0.15) is 0 Å². The summed E-state index contributed by atoms with van der Waals surface area (Å²) in [5, 5.41) is 10.0. The third kappa shape index (κ3) is 4.58. The normalized spacial score (nSPS) is 18.1. The highest BCUT2D eigenvalue weighted by molar-refractivity contribution is 6.31. The maximum absolute atomic E-state index is 11.5. The fourth-order valence-electron chi connectivity index (χ4n) is 2.56. The Labute approximate surface area is 135 Å². The first-order chi connectivity index (χ1) is 10.5. The molecule has 0 bridgehead atoms. The number of nitrogens with two attached hydrogens (primary N) is 2.